The zero-order valence-corrected chi connectivity index (χ0v) is 18.2. The largest absolute Gasteiger partial charge is 0.447 e. The van der Waals surface area contributed by atoms with Gasteiger partial charge >= 0.3 is 6.09 Å². The van der Waals surface area contributed by atoms with E-state index in [1.807, 2.05) is 6.07 Å². The van der Waals surface area contributed by atoms with E-state index in [0.717, 1.165) is 42.9 Å². The van der Waals surface area contributed by atoms with Gasteiger partial charge in [-0.15, -0.1) is 0 Å². The molecule has 31 heavy (non-hydrogen) atoms. The Labute approximate surface area is 183 Å². The Bertz CT molecular complexity index is 949. The fraction of sp³-hybridized carbons (Fsp3) is 0.542. The summed E-state index contributed by atoms with van der Waals surface area (Å²) in [5, 5.41) is 4.48. The lowest BCUT2D eigenvalue weighted by molar-refractivity contribution is -0.117. The Morgan fingerprint density at radius 2 is 1.97 bits per heavy atom. The number of amides is 2. The SMILES string of the molecule is C1CCC1.CCCCC1COC(=O)N1c1cc(N)c2cnc(NC(=O)C3CC3)cc2c1. The molecule has 7 nitrogen and oxygen atoms in total. The molecule has 2 aliphatic carbocycles. The van der Waals surface area contributed by atoms with Gasteiger partial charge in [0.2, 0.25) is 5.91 Å². The van der Waals surface area contributed by atoms with Gasteiger partial charge in [-0.3, -0.25) is 9.69 Å². The maximum absolute atomic E-state index is 12.3. The molecule has 1 saturated heterocycles. The third kappa shape index (κ3) is 5.09. The second kappa shape index (κ2) is 9.54. The van der Waals surface area contributed by atoms with Crippen LogP contribution in [-0.4, -0.2) is 29.6 Å². The number of hydrogen-bond donors (Lipinski definition) is 2. The van der Waals surface area contributed by atoms with Crippen LogP contribution in [0.5, 0.6) is 0 Å². The lowest BCUT2D eigenvalue weighted by atomic mass is 10.0. The molecular weight excluding hydrogens is 392 g/mol. The van der Waals surface area contributed by atoms with Crippen LogP contribution < -0.4 is 16.0 Å². The fourth-order valence-electron chi connectivity index (χ4n) is 3.73. The van der Waals surface area contributed by atoms with Crippen molar-refractivity contribution in [3.8, 4) is 0 Å². The average molecular weight is 425 g/mol. The van der Waals surface area contributed by atoms with Gasteiger partial charge in [0, 0.05) is 23.2 Å². The number of nitrogens with zero attached hydrogens (tertiary/aromatic N) is 2. The summed E-state index contributed by atoms with van der Waals surface area (Å²) in [6, 6.07) is 5.52. The summed E-state index contributed by atoms with van der Waals surface area (Å²) in [5.41, 5.74) is 7.48. The molecule has 1 unspecified atom stereocenters. The molecule has 0 bridgehead atoms. The van der Waals surface area contributed by atoms with Gasteiger partial charge in [0.1, 0.15) is 12.4 Å². The van der Waals surface area contributed by atoms with Gasteiger partial charge in [0.15, 0.2) is 0 Å². The molecule has 5 rings (SSSR count). The number of hydrogen-bond acceptors (Lipinski definition) is 5. The second-order valence-electron chi connectivity index (χ2n) is 8.75. The van der Waals surface area contributed by atoms with Crippen molar-refractivity contribution < 1.29 is 14.3 Å². The molecule has 2 saturated carbocycles. The monoisotopic (exact) mass is 424 g/mol. The molecule has 1 aromatic heterocycles. The minimum atomic E-state index is -0.342. The smallest absolute Gasteiger partial charge is 0.414 e. The zero-order valence-electron chi connectivity index (χ0n) is 18.2. The highest BCUT2D eigenvalue weighted by molar-refractivity contribution is 6.01. The van der Waals surface area contributed by atoms with E-state index in [9.17, 15) is 9.59 Å². The normalized spacial score (nSPS) is 20.0. The van der Waals surface area contributed by atoms with Crippen LogP contribution in [0.3, 0.4) is 0 Å². The van der Waals surface area contributed by atoms with Crippen molar-refractivity contribution >= 4 is 40.0 Å². The van der Waals surface area contributed by atoms with Crippen molar-refractivity contribution in [3.05, 3.63) is 24.4 Å². The van der Waals surface area contributed by atoms with Crippen LogP contribution in [-0.2, 0) is 9.53 Å². The molecule has 2 heterocycles. The number of rotatable bonds is 6. The van der Waals surface area contributed by atoms with Crippen LogP contribution in [0.2, 0.25) is 0 Å². The molecule has 0 radical (unpaired) electrons. The van der Waals surface area contributed by atoms with Gasteiger partial charge in [-0.2, -0.15) is 0 Å². The summed E-state index contributed by atoms with van der Waals surface area (Å²) in [7, 11) is 0. The van der Waals surface area contributed by atoms with Crippen molar-refractivity contribution in [2.45, 2.75) is 70.8 Å². The first kappa shape index (κ1) is 21.4. The Hall–Kier alpha value is -2.83. The van der Waals surface area contributed by atoms with Gasteiger partial charge in [0.05, 0.1) is 11.7 Å². The Morgan fingerprint density at radius 1 is 1.23 bits per heavy atom. The average Bonchev–Trinajstić information content (AvgIpc) is 3.48. The predicted octanol–water partition coefficient (Wildman–Crippen LogP) is 5.24. The third-order valence-corrected chi connectivity index (χ3v) is 6.18. The van der Waals surface area contributed by atoms with Crippen molar-refractivity contribution in [3.63, 3.8) is 0 Å². The first-order valence-electron chi connectivity index (χ1n) is 11.5. The number of cyclic esters (lactones) is 1. The Morgan fingerprint density at radius 3 is 2.61 bits per heavy atom. The summed E-state index contributed by atoms with van der Waals surface area (Å²) < 4.78 is 5.27. The zero-order chi connectivity index (χ0) is 21.8. The van der Waals surface area contributed by atoms with E-state index in [4.69, 9.17) is 10.5 Å². The number of pyridine rings is 1. The highest BCUT2D eigenvalue weighted by atomic mass is 16.6. The molecular formula is C24H32N4O3. The second-order valence-corrected chi connectivity index (χ2v) is 8.75. The van der Waals surface area contributed by atoms with Crippen molar-refractivity contribution in [2.75, 3.05) is 22.6 Å². The third-order valence-electron chi connectivity index (χ3n) is 6.18. The number of unbranched alkanes of at least 4 members (excludes halogenated alkanes) is 1. The van der Waals surface area contributed by atoms with Crippen LogP contribution in [0.1, 0.15) is 64.7 Å². The van der Waals surface area contributed by atoms with Crippen LogP contribution in [0.25, 0.3) is 10.8 Å². The molecule has 2 aromatic rings. The van der Waals surface area contributed by atoms with Crippen molar-refractivity contribution in [2.24, 2.45) is 5.92 Å². The van der Waals surface area contributed by atoms with Crippen LogP contribution in [0.15, 0.2) is 24.4 Å². The number of fused-ring (bicyclic) bond motifs is 1. The number of carbonyl (C=O) groups excluding carboxylic acids is 2. The molecule has 3 N–H and O–H groups in total. The summed E-state index contributed by atoms with van der Waals surface area (Å²) in [6.45, 7) is 2.52. The Balaban J connectivity index is 0.000000520. The number of aromatic nitrogens is 1. The van der Waals surface area contributed by atoms with E-state index in [0.29, 0.717) is 23.8 Å². The van der Waals surface area contributed by atoms with Gasteiger partial charge in [0.25, 0.3) is 0 Å². The summed E-state index contributed by atoms with van der Waals surface area (Å²) in [6.07, 6.45) is 12.2. The molecule has 166 valence electrons. The minimum Gasteiger partial charge on any atom is -0.447 e. The molecule has 3 fully saturated rings. The van der Waals surface area contributed by atoms with E-state index in [1.165, 1.54) is 25.7 Å². The molecule has 1 atom stereocenters. The lowest BCUT2D eigenvalue weighted by Crippen LogP contribution is -2.33. The van der Waals surface area contributed by atoms with Gasteiger partial charge in [-0.1, -0.05) is 45.4 Å². The highest BCUT2D eigenvalue weighted by Crippen LogP contribution is 2.34. The number of benzene rings is 1. The standard InChI is InChI=1S/C20H24N4O3.C4H8/c1-2-3-4-14-11-27-20(26)24(14)15-7-13-8-18(23-19(25)12-5-6-12)22-10-16(13)17(21)9-15;1-2-4-3-1/h7-10,12,14H,2-6,11,21H2,1H3,(H,22,23,25);1-4H2. The molecule has 2 amide bonds. The number of ether oxygens (including phenoxy) is 1. The topological polar surface area (TPSA) is 97.6 Å². The summed E-state index contributed by atoms with van der Waals surface area (Å²) >= 11 is 0. The predicted molar refractivity (Wildman–Crippen MR) is 123 cm³/mol. The number of carbonyl (C=O) groups is 2. The van der Waals surface area contributed by atoms with E-state index < -0.39 is 0 Å². The van der Waals surface area contributed by atoms with Gasteiger partial charge in [-0.05, 0) is 42.8 Å². The number of nitrogens with one attached hydrogen (secondary N) is 1. The van der Waals surface area contributed by atoms with Crippen molar-refractivity contribution in [1.82, 2.24) is 4.98 Å². The number of anilines is 3. The minimum absolute atomic E-state index is 0.00808. The van der Waals surface area contributed by atoms with E-state index in [1.54, 1.807) is 23.2 Å². The van der Waals surface area contributed by atoms with E-state index in [-0.39, 0.29) is 24.0 Å². The van der Waals surface area contributed by atoms with Crippen LogP contribution in [0.4, 0.5) is 22.0 Å². The molecule has 7 heteroatoms. The molecule has 1 aromatic carbocycles. The summed E-state index contributed by atoms with van der Waals surface area (Å²) in [4.78, 5) is 30.3. The lowest BCUT2D eigenvalue weighted by Gasteiger charge is -2.22. The molecule has 0 spiro atoms. The van der Waals surface area contributed by atoms with Crippen LogP contribution in [0, 0.1) is 5.92 Å². The van der Waals surface area contributed by atoms with Crippen molar-refractivity contribution in [1.29, 1.82) is 0 Å². The molecule has 3 aliphatic rings. The molecule has 1 aliphatic heterocycles. The number of nitrogens with two attached hydrogens (primary N) is 1. The first-order chi connectivity index (χ1) is 15.1. The van der Waals surface area contributed by atoms with E-state index >= 15 is 0 Å². The van der Waals surface area contributed by atoms with Gasteiger partial charge in [-0.25, -0.2) is 9.78 Å². The number of nitrogen functional groups attached to an aromatic ring is 1. The maximum atomic E-state index is 12.3. The quantitative estimate of drug-likeness (QED) is 0.618. The maximum Gasteiger partial charge on any atom is 0.414 e. The summed E-state index contributed by atoms with van der Waals surface area (Å²) in [5.74, 6) is 0.619. The van der Waals surface area contributed by atoms with Crippen LogP contribution >= 0.6 is 0 Å². The Kier molecular flexibility index (Phi) is 6.59. The van der Waals surface area contributed by atoms with Gasteiger partial charge < -0.3 is 15.8 Å². The van der Waals surface area contributed by atoms with E-state index in [2.05, 4.69) is 17.2 Å². The highest BCUT2D eigenvalue weighted by Gasteiger charge is 2.34. The first-order valence-corrected chi connectivity index (χ1v) is 11.5. The fourth-order valence-corrected chi connectivity index (χ4v) is 3.73.